The molecule has 6 nitrogen and oxygen atoms in total. The predicted molar refractivity (Wildman–Crippen MR) is 96.9 cm³/mol. The van der Waals surface area contributed by atoms with Crippen LogP contribution >= 0.6 is 0 Å². The average molecular weight is 347 g/mol. The van der Waals surface area contributed by atoms with E-state index in [4.69, 9.17) is 4.74 Å². The summed E-state index contributed by atoms with van der Waals surface area (Å²) in [5, 5.41) is 13.6. The lowest BCUT2D eigenvalue weighted by atomic mass is 9.91. The maximum Gasteiger partial charge on any atom is 0.341 e. The number of methoxy groups -OCH3 is 1. The van der Waals surface area contributed by atoms with Gasteiger partial charge in [-0.1, -0.05) is 12.8 Å². The predicted octanol–water partition coefficient (Wildman–Crippen LogP) is 1.90. The molecule has 2 fully saturated rings. The third kappa shape index (κ3) is 4.12. The Labute approximate surface area is 149 Å². The summed E-state index contributed by atoms with van der Waals surface area (Å²) >= 11 is 0. The monoisotopic (exact) mass is 347 g/mol. The van der Waals surface area contributed by atoms with Gasteiger partial charge >= 0.3 is 5.97 Å². The highest BCUT2D eigenvalue weighted by atomic mass is 16.5. The van der Waals surface area contributed by atoms with Gasteiger partial charge in [0.05, 0.1) is 7.11 Å². The number of esters is 1. The molecule has 2 unspecified atom stereocenters. The molecule has 1 aliphatic carbocycles. The summed E-state index contributed by atoms with van der Waals surface area (Å²) in [5.41, 5.74) is 1.43. The molecule has 1 saturated carbocycles. The Hall–Kier alpha value is -1.66. The van der Waals surface area contributed by atoms with Crippen molar-refractivity contribution < 1.29 is 14.6 Å². The van der Waals surface area contributed by atoms with Crippen LogP contribution in [0.25, 0.3) is 0 Å². The van der Waals surface area contributed by atoms with Gasteiger partial charge in [0.2, 0.25) is 0 Å². The summed E-state index contributed by atoms with van der Waals surface area (Å²) in [5.74, 6) is 0.441. The number of carbonyl (C=O) groups excluding carboxylic acids is 1. The zero-order valence-corrected chi connectivity index (χ0v) is 15.2. The molecule has 2 aliphatic rings. The lowest BCUT2D eigenvalue weighted by molar-refractivity contribution is 0.0600. The van der Waals surface area contributed by atoms with Crippen molar-refractivity contribution in [1.82, 2.24) is 10.3 Å². The smallest absolute Gasteiger partial charge is 0.341 e. The maximum absolute atomic E-state index is 12.1. The Morgan fingerprint density at radius 1 is 1.40 bits per heavy atom. The van der Waals surface area contributed by atoms with Crippen molar-refractivity contribution in [3.63, 3.8) is 0 Å². The Balaban J connectivity index is 1.73. The van der Waals surface area contributed by atoms with Gasteiger partial charge in [0.15, 0.2) is 0 Å². The van der Waals surface area contributed by atoms with E-state index in [9.17, 15) is 9.90 Å². The lowest BCUT2D eigenvalue weighted by Crippen LogP contribution is -2.53. The summed E-state index contributed by atoms with van der Waals surface area (Å²) in [6, 6.07) is 2.75. The molecule has 1 saturated heterocycles. The number of aromatic nitrogens is 1. The minimum atomic E-state index is -0.363. The molecule has 0 aromatic carbocycles. The first-order valence-corrected chi connectivity index (χ1v) is 9.29. The number of carbonyl (C=O) groups is 1. The van der Waals surface area contributed by atoms with Gasteiger partial charge in [-0.2, -0.15) is 0 Å². The second-order valence-corrected chi connectivity index (χ2v) is 7.31. The summed E-state index contributed by atoms with van der Waals surface area (Å²) in [4.78, 5) is 18.7. The SMILES string of the molecule is COC(=O)c1cc(C)cnc1N1CCC(NC2CCCC2)C(CO)C1. The van der Waals surface area contributed by atoms with E-state index in [-0.39, 0.29) is 18.5 Å². The first kappa shape index (κ1) is 18.1. The molecule has 0 bridgehead atoms. The Bertz CT molecular complexity index is 602. The van der Waals surface area contributed by atoms with Crippen molar-refractivity contribution in [3.8, 4) is 0 Å². The number of rotatable bonds is 5. The fourth-order valence-corrected chi connectivity index (χ4v) is 4.10. The first-order valence-electron chi connectivity index (χ1n) is 9.29. The number of pyridine rings is 1. The average Bonchev–Trinajstić information content (AvgIpc) is 3.14. The van der Waals surface area contributed by atoms with E-state index in [0.29, 0.717) is 30.0 Å². The van der Waals surface area contributed by atoms with Crippen LogP contribution in [0.15, 0.2) is 12.3 Å². The zero-order chi connectivity index (χ0) is 17.8. The molecule has 0 amide bonds. The number of aryl methyl sites for hydroxylation is 1. The number of ether oxygens (including phenoxy) is 1. The number of aliphatic hydroxyl groups is 1. The standard InChI is InChI=1S/C19H29N3O3/c1-13-9-16(19(24)25-2)18(20-10-13)22-8-7-17(14(11-22)12-23)21-15-5-3-4-6-15/h9-10,14-15,17,21,23H,3-8,11-12H2,1-2H3. The number of nitrogens with zero attached hydrogens (tertiary/aromatic N) is 2. The fraction of sp³-hybridized carbons (Fsp3) is 0.684. The Morgan fingerprint density at radius 2 is 2.16 bits per heavy atom. The van der Waals surface area contributed by atoms with Crippen LogP contribution in [-0.2, 0) is 4.74 Å². The molecule has 1 aromatic rings. The molecule has 25 heavy (non-hydrogen) atoms. The number of piperidine rings is 1. The molecular weight excluding hydrogens is 318 g/mol. The van der Waals surface area contributed by atoms with E-state index in [1.54, 1.807) is 6.20 Å². The van der Waals surface area contributed by atoms with Gasteiger partial charge in [0.1, 0.15) is 11.4 Å². The zero-order valence-electron chi connectivity index (χ0n) is 15.2. The van der Waals surface area contributed by atoms with E-state index in [1.165, 1.54) is 32.8 Å². The Morgan fingerprint density at radius 3 is 2.84 bits per heavy atom. The van der Waals surface area contributed by atoms with Crippen molar-refractivity contribution in [3.05, 3.63) is 23.4 Å². The van der Waals surface area contributed by atoms with Crippen molar-refractivity contribution in [1.29, 1.82) is 0 Å². The molecular formula is C19H29N3O3. The quantitative estimate of drug-likeness (QED) is 0.793. The van der Waals surface area contributed by atoms with Crippen molar-refractivity contribution >= 4 is 11.8 Å². The van der Waals surface area contributed by atoms with Crippen LogP contribution in [0.1, 0.15) is 48.0 Å². The van der Waals surface area contributed by atoms with Gasteiger partial charge < -0.3 is 20.1 Å². The molecule has 2 heterocycles. The van der Waals surface area contributed by atoms with Gasteiger partial charge in [0, 0.05) is 43.9 Å². The lowest BCUT2D eigenvalue weighted by Gasteiger charge is -2.40. The van der Waals surface area contributed by atoms with Gasteiger partial charge in [-0.15, -0.1) is 0 Å². The molecule has 3 rings (SSSR count). The van der Waals surface area contributed by atoms with Crippen molar-refractivity contribution in [2.75, 3.05) is 31.7 Å². The number of anilines is 1. The normalized spacial score (nSPS) is 24.5. The molecule has 6 heteroatoms. The van der Waals surface area contributed by atoms with Gasteiger partial charge in [-0.3, -0.25) is 0 Å². The third-order valence-corrected chi connectivity index (χ3v) is 5.48. The summed E-state index contributed by atoms with van der Waals surface area (Å²) in [7, 11) is 1.39. The van der Waals surface area contributed by atoms with Crippen LogP contribution < -0.4 is 10.2 Å². The van der Waals surface area contributed by atoms with Crippen LogP contribution in [0.2, 0.25) is 0 Å². The maximum atomic E-state index is 12.1. The molecule has 1 aromatic heterocycles. The Kier molecular flexibility index (Phi) is 5.91. The first-order chi connectivity index (χ1) is 12.1. The van der Waals surface area contributed by atoms with Crippen molar-refractivity contribution in [2.24, 2.45) is 5.92 Å². The molecule has 0 spiro atoms. The number of nitrogens with one attached hydrogen (secondary N) is 1. The molecule has 1 aliphatic heterocycles. The van der Waals surface area contributed by atoms with E-state index >= 15 is 0 Å². The second kappa shape index (κ2) is 8.15. The van der Waals surface area contributed by atoms with E-state index in [2.05, 4.69) is 15.2 Å². The van der Waals surface area contributed by atoms with Crippen LogP contribution in [0.3, 0.4) is 0 Å². The minimum absolute atomic E-state index is 0.139. The van der Waals surface area contributed by atoms with Crippen LogP contribution in [-0.4, -0.2) is 54.9 Å². The third-order valence-electron chi connectivity index (χ3n) is 5.48. The molecule has 2 N–H and O–H groups in total. The molecule has 2 atom stereocenters. The van der Waals surface area contributed by atoms with Gasteiger partial charge in [0.25, 0.3) is 0 Å². The number of hydrogen-bond acceptors (Lipinski definition) is 6. The van der Waals surface area contributed by atoms with Crippen LogP contribution in [0, 0.1) is 12.8 Å². The highest BCUT2D eigenvalue weighted by Gasteiger charge is 2.33. The highest BCUT2D eigenvalue weighted by Crippen LogP contribution is 2.27. The summed E-state index contributed by atoms with van der Waals surface area (Å²) in [6.07, 6.45) is 7.80. The minimum Gasteiger partial charge on any atom is -0.465 e. The van der Waals surface area contributed by atoms with Crippen LogP contribution in [0.5, 0.6) is 0 Å². The molecule has 138 valence electrons. The molecule has 0 radical (unpaired) electrons. The van der Waals surface area contributed by atoms with E-state index < -0.39 is 0 Å². The fourth-order valence-electron chi connectivity index (χ4n) is 4.10. The summed E-state index contributed by atoms with van der Waals surface area (Å²) < 4.78 is 4.92. The highest BCUT2D eigenvalue weighted by molar-refractivity contribution is 5.95. The number of hydrogen-bond donors (Lipinski definition) is 2. The van der Waals surface area contributed by atoms with Crippen molar-refractivity contribution in [2.45, 2.75) is 51.1 Å². The number of aliphatic hydroxyl groups excluding tert-OH is 1. The second-order valence-electron chi connectivity index (χ2n) is 7.31. The van der Waals surface area contributed by atoms with Gasteiger partial charge in [-0.05, 0) is 37.8 Å². The van der Waals surface area contributed by atoms with E-state index in [0.717, 1.165) is 18.5 Å². The van der Waals surface area contributed by atoms with Gasteiger partial charge in [-0.25, -0.2) is 9.78 Å². The largest absolute Gasteiger partial charge is 0.465 e. The summed E-state index contributed by atoms with van der Waals surface area (Å²) in [6.45, 7) is 3.57. The van der Waals surface area contributed by atoms with Crippen LogP contribution in [0.4, 0.5) is 5.82 Å². The van der Waals surface area contributed by atoms with E-state index in [1.807, 2.05) is 13.0 Å². The topological polar surface area (TPSA) is 74.7 Å².